The third kappa shape index (κ3) is 4.15. The lowest BCUT2D eigenvalue weighted by molar-refractivity contribution is 0.309. The highest BCUT2D eigenvalue weighted by Crippen LogP contribution is 2.45. The summed E-state index contributed by atoms with van der Waals surface area (Å²) in [7, 11) is 1.90. The van der Waals surface area contributed by atoms with E-state index in [-0.39, 0.29) is 24.0 Å². The Hall–Kier alpha value is -1.31. The zero-order valence-corrected chi connectivity index (χ0v) is 18.0. The number of rotatable bonds is 4. The van der Waals surface area contributed by atoms with Gasteiger partial charge < -0.3 is 15.2 Å². The fourth-order valence-electron chi connectivity index (χ4n) is 4.56. The van der Waals surface area contributed by atoms with Crippen LogP contribution in [0.2, 0.25) is 0 Å². The van der Waals surface area contributed by atoms with Crippen LogP contribution in [0.3, 0.4) is 0 Å². The zero-order chi connectivity index (χ0) is 17.1. The maximum atomic E-state index is 4.65. The molecule has 1 saturated carbocycles. The van der Waals surface area contributed by atoms with Crippen LogP contribution < -0.4 is 5.32 Å². The molecule has 2 aromatic rings. The Bertz CT molecular complexity index is 714. The Morgan fingerprint density at radius 3 is 2.85 bits per heavy atom. The first-order valence-corrected chi connectivity index (χ1v) is 9.67. The van der Waals surface area contributed by atoms with Gasteiger partial charge in [0, 0.05) is 33.1 Å². The number of fused-ring (bicyclic) bond motifs is 1. The number of nitrogens with zero attached hydrogens (tertiary/aromatic N) is 3. The Kier molecular flexibility index (Phi) is 6.42. The Labute approximate surface area is 173 Å². The molecular weight excluding hydrogens is 437 g/mol. The van der Waals surface area contributed by atoms with Crippen LogP contribution >= 0.6 is 24.0 Å². The standard InChI is InChI=1S/C20H29N5.HI/c1-21-19(25-14-12-20(15-25)10-4-5-11-20)22-13-6-9-18-23-16-7-2-3-8-17(16)24-18;/h2-3,7-8H,4-6,9-15H2,1H3,(H,21,22)(H,23,24);1H. The SMILES string of the molecule is CN=C(NCCCc1nc2ccccc2[nH]1)N1CCC2(CCCC2)C1.I. The molecule has 4 rings (SSSR count). The molecule has 0 radical (unpaired) electrons. The second-order valence-electron chi connectivity index (χ2n) is 7.66. The van der Waals surface area contributed by atoms with Gasteiger partial charge in [-0.25, -0.2) is 4.98 Å². The average molecular weight is 467 g/mol. The quantitative estimate of drug-likeness (QED) is 0.310. The molecule has 0 bridgehead atoms. The Morgan fingerprint density at radius 1 is 1.27 bits per heavy atom. The van der Waals surface area contributed by atoms with Crippen molar-refractivity contribution in [3.8, 4) is 0 Å². The topological polar surface area (TPSA) is 56.3 Å². The predicted octanol–water partition coefficient (Wildman–Crippen LogP) is 3.96. The first-order chi connectivity index (χ1) is 12.3. The number of H-pyrrole nitrogens is 1. The molecule has 2 N–H and O–H groups in total. The van der Waals surface area contributed by atoms with Gasteiger partial charge in [0.15, 0.2) is 5.96 Å². The minimum Gasteiger partial charge on any atom is -0.356 e. The molecule has 2 fully saturated rings. The molecule has 1 saturated heterocycles. The number of likely N-dealkylation sites (tertiary alicyclic amines) is 1. The smallest absolute Gasteiger partial charge is 0.193 e. The highest BCUT2D eigenvalue weighted by molar-refractivity contribution is 14.0. The van der Waals surface area contributed by atoms with E-state index in [0.717, 1.165) is 48.7 Å². The van der Waals surface area contributed by atoms with Crippen LogP contribution in [0.5, 0.6) is 0 Å². The number of aromatic nitrogens is 2. The summed E-state index contributed by atoms with van der Waals surface area (Å²) in [5.74, 6) is 2.15. The third-order valence-electron chi connectivity index (χ3n) is 5.93. The number of halogens is 1. The van der Waals surface area contributed by atoms with Crippen molar-refractivity contribution in [2.75, 3.05) is 26.7 Å². The Morgan fingerprint density at radius 2 is 2.08 bits per heavy atom. The summed E-state index contributed by atoms with van der Waals surface area (Å²) < 4.78 is 0. The van der Waals surface area contributed by atoms with E-state index in [1.807, 2.05) is 19.2 Å². The molecule has 1 spiro atoms. The molecule has 1 aromatic heterocycles. The highest BCUT2D eigenvalue weighted by atomic mass is 127. The van der Waals surface area contributed by atoms with Gasteiger partial charge in [-0.15, -0.1) is 24.0 Å². The van der Waals surface area contributed by atoms with E-state index in [0.29, 0.717) is 5.41 Å². The molecule has 0 atom stereocenters. The minimum absolute atomic E-state index is 0. The second kappa shape index (κ2) is 8.59. The van der Waals surface area contributed by atoms with Crippen molar-refractivity contribution in [1.82, 2.24) is 20.2 Å². The van der Waals surface area contributed by atoms with E-state index in [2.05, 4.69) is 37.3 Å². The number of hydrogen-bond acceptors (Lipinski definition) is 2. The number of guanidine groups is 1. The van der Waals surface area contributed by atoms with Gasteiger partial charge in [-0.05, 0) is 43.2 Å². The van der Waals surface area contributed by atoms with E-state index in [1.165, 1.54) is 38.6 Å². The van der Waals surface area contributed by atoms with Crippen molar-refractivity contribution in [2.24, 2.45) is 10.4 Å². The number of nitrogens with one attached hydrogen (secondary N) is 2. The maximum Gasteiger partial charge on any atom is 0.193 e. The van der Waals surface area contributed by atoms with Gasteiger partial charge in [0.1, 0.15) is 5.82 Å². The molecule has 26 heavy (non-hydrogen) atoms. The molecule has 2 aliphatic rings. The number of aromatic amines is 1. The number of para-hydroxylation sites is 2. The molecule has 0 amide bonds. The van der Waals surface area contributed by atoms with Gasteiger partial charge in [0.2, 0.25) is 0 Å². The van der Waals surface area contributed by atoms with E-state index in [4.69, 9.17) is 0 Å². The summed E-state index contributed by atoms with van der Waals surface area (Å²) in [6.45, 7) is 3.28. The summed E-state index contributed by atoms with van der Waals surface area (Å²) in [5, 5.41) is 3.56. The lowest BCUT2D eigenvalue weighted by Gasteiger charge is -2.25. The van der Waals surface area contributed by atoms with Crippen molar-refractivity contribution in [3.05, 3.63) is 30.1 Å². The average Bonchev–Trinajstić information content (AvgIpc) is 3.36. The first-order valence-electron chi connectivity index (χ1n) is 9.67. The van der Waals surface area contributed by atoms with E-state index in [9.17, 15) is 0 Å². The molecule has 1 aromatic carbocycles. The molecule has 0 unspecified atom stereocenters. The fourth-order valence-corrected chi connectivity index (χ4v) is 4.56. The van der Waals surface area contributed by atoms with E-state index >= 15 is 0 Å². The number of aryl methyl sites for hydroxylation is 1. The van der Waals surface area contributed by atoms with Gasteiger partial charge in [-0.3, -0.25) is 4.99 Å². The van der Waals surface area contributed by atoms with Crippen molar-refractivity contribution >= 4 is 41.0 Å². The third-order valence-corrected chi connectivity index (χ3v) is 5.93. The van der Waals surface area contributed by atoms with Crippen LogP contribution in [0.15, 0.2) is 29.3 Å². The monoisotopic (exact) mass is 467 g/mol. The summed E-state index contributed by atoms with van der Waals surface area (Å²) >= 11 is 0. The van der Waals surface area contributed by atoms with Crippen LogP contribution in [0, 0.1) is 5.41 Å². The molecule has 142 valence electrons. The summed E-state index contributed by atoms with van der Waals surface area (Å²) in [6, 6.07) is 8.22. The molecule has 5 nitrogen and oxygen atoms in total. The summed E-state index contributed by atoms with van der Waals surface area (Å²) in [6.07, 6.45) is 9.00. The second-order valence-corrected chi connectivity index (χ2v) is 7.66. The highest BCUT2D eigenvalue weighted by Gasteiger charge is 2.40. The number of hydrogen-bond donors (Lipinski definition) is 2. The van der Waals surface area contributed by atoms with Crippen LogP contribution in [-0.4, -0.2) is 47.5 Å². The largest absolute Gasteiger partial charge is 0.356 e. The van der Waals surface area contributed by atoms with Gasteiger partial charge in [-0.2, -0.15) is 0 Å². The Balaban J connectivity index is 0.00000196. The minimum atomic E-state index is 0. The van der Waals surface area contributed by atoms with Gasteiger partial charge in [0.25, 0.3) is 0 Å². The van der Waals surface area contributed by atoms with Gasteiger partial charge in [0.05, 0.1) is 11.0 Å². The first kappa shape index (κ1) is 19.5. The summed E-state index contributed by atoms with van der Waals surface area (Å²) in [4.78, 5) is 15.0. The molecule has 1 aliphatic carbocycles. The lowest BCUT2D eigenvalue weighted by Crippen LogP contribution is -2.41. The maximum absolute atomic E-state index is 4.65. The van der Waals surface area contributed by atoms with Crippen LogP contribution in [0.1, 0.15) is 44.3 Å². The molecular formula is C20H30IN5. The zero-order valence-electron chi connectivity index (χ0n) is 15.6. The van der Waals surface area contributed by atoms with Crippen molar-refractivity contribution in [1.29, 1.82) is 0 Å². The number of imidazole rings is 1. The van der Waals surface area contributed by atoms with Gasteiger partial charge in [-0.1, -0.05) is 25.0 Å². The van der Waals surface area contributed by atoms with Crippen LogP contribution in [0.4, 0.5) is 0 Å². The van der Waals surface area contributed by atoms with Crippen molar-refractivity contribution in [3.63, 3.8) is 0 Å². The molecule has 1 aliphatic heterocycles. The van der Waals surface area contributed by atoms with Crippen molar-refractivity contribution in [2.45, 2.75) is 44.9 Å². The number of aliphatic imine (C=N–C) groups is 1. The molecule has 6 heteroatoms. The van der Waals surface area contributed by atoms with E-state index < -0.39 is 0 Å². The van der Waals surface area contributed by atoms with Crippen LogP contribution in [-0.2, 0) is 6.42 Å². The normalized spacial score (nSPS) is 19.3. The predicted molar refractivity (Wildman–Crippen MR) is 118 cm³/mol. The van der Waals surface area contributed by atoms with E-state index in [1.54, 1.807) is 0 Å². The molecule has 2 heterocycles. The van der Waals surface area contributed by atoms with Gasteiger partial charge >= 0.3 is 0 Å². The number of benzene rings is 1. The van der Waals surface area contributed by atoms with Crippen LogP contribution in [0.25, 0.3) is 11.0 Å². The van der Waals surface area contributed by atoms with Crippen molar-refractivity contribution < 1.29 is 0 Å². The lowest BCUT2D eigenvalue weighted by atomic mass is 9.86. The summed E-state index contributed by atoms with van der Waals surface area (Å²) in [5.41, 5.74) is 2.77. The fraction of sp³-hybridized carbons (Fsp3) is 0.600.